The molecule has 1 aromatic carbocycles. The highest BCUT2D eigenvalue weighted by molar-refractivity contribution is 5.85. The largest absolute Gasteiger partial charge is 0.370 e. The minimum atomic E-state index is -0.208. The molecular weight excluding hydrogens is 255 g/mol. The molecule has 0 aliphatic heterocycles. The molecule has 102 valence electrons. The summed E-state index contributed by atoms with van der Waals surface area (Å²) in [5, 5.41) is 4.18. The van der Waals surface area contributed by atoms with E-state index in [1.165, 1.54) is 12.4 Å². The summed E-state index contributed by atoms with van der Waals surface area (Å²) in [4.78, 5) is 11.1. The first-order valence-electron chi connectivity index (χ1n) is 6.51. The van der Waals surface area contributed by atoms with Crippen LogP contribution in [-0.4, -0.2) is 21.5 Å². The highest BCUT2D eigenvalue weighted by Gasteiger charge is 2.10. The monoisotopic (exact) mass is 270 g/mol. The lowest BCUT2D eigenvalue weighted by Gasteiger charge is -2.05. The summed E-state index contributed by atoms with van der Waals surface area (Å²) in [5.74, 6) is 0.587. The quantitative estimate of drug-likeness (QED) is 0.766. The van der Waals surface area contributed by atoms with Crippen LogP contribution < -0.4 is 5.32 Å². The van der Waals surface area contributed by atoms with Gasteiger partial charge in [0.2, 0.25) is 0 Å². The number of benzene rings is 1. The number of hydrogen-bond acceptors (Lipinski definition) is 3. The molecule has 2 aromatic heterocycles. The number of hydrogen-bond donors (Lipinski definition) is 2. The van der Waals surface area contributed by atoms with Gasteiger partial charge in [-0.2, -0.15) is 0 Å². The third-order valence-electron chi connectivity index (χ3n) is 3.37. The highest BCUT2D eigenvalue weighted by Crippen LogP contribution is 2.24. The fourth-order valence-corrected chi connectivity index (χ4v) is 2.40. The van der Waals surface area contributed by atoms with Crippen LogP contribution in [0.3, 0.4) is 0 Å². The molecule has 4 nitrogen and oxygen atoms in total. The summed E-state index contributed by atoms with van der Waals surface area (Å²) in [7, 11) is 0. The smallest absolute Gasteiger partial charge is 0.147 e. The predicted molar refractivity (Wildman–Crippen MR) is 77.2 cm³/mol. The van der Waals surface area contributed by atoms with E-state index in [2.05, 4.69) is 20.3 Å². The van der Waals surface area contributed by atoms with Crippen molar-refractivity contribution in [2.45, 2.75) is 13.3 Å². The van der Waals surface area contributed by atoms with E-state index in [0.29, 0.717) is 5.52 Å². The van der Waals surface area contributed by atoms with Gasteiger partial charge < -0.3 is 10.3 Å². The van der Waals surface area contributed by atoms with Gasteiger partial charge >= 0.3 is 0 Å². The van der Waals surface area contributed by atoms with Crippen LogP contribution in [0.4, 0.5) is 10.2 Å². The molecule has 3 aromatic rings. The first-order chi connectivity index (χ1) is 9.75. The zero-order chi connectivity index (χ0) is 13.9. The minimum Gasteiger partial charge on any atom is -0.370 e. The molecule has 0 radical (unpaired) electrons. The average molecular weight is 270 g/mol. The van der Waals surface area contributed by atoms with E-state index in [-0.39, 0.29) is 5.82 Å². The molecule has 0 unspecified atom stereocenters. The van der Waals surface area contributed by atoms with E-state index in [1.54, 1.807) is 12.3 Å². The summed E-state index contributed by atoms with van der Waals surface area (Å²) < 4.78 is 13.7. The number of H-pyrrole nitrogens is 1. The van der Waals surface area contributed by atoms with Crippen LogP contribution in [0.5, 0.6) is 0 Å². The van der Waals surface area contributed by atoms with E-state index in [4.69, 9.17) is 0 Å². The Hall–Kier alpha value is -2.43. The lowest BCUT2D eigenvalue weighted by Crippen LogP contribution is -2.06. The zero-order valence-electron chi connectivity index (χ0n) is 11.2. The molecule has 0 saturated carbocycles. The third kappa shape index (κ3) is 2.34. The number of nitrogens with one attached hydrogen (secondary N) is 2. The van der Waals surface area contributed by atoms with Gasteiger partial charge in [-0.15, -0.1) is 0 Å². The van der Waals surface area contributed by atoms with Gasteiger partial charge in [0.15, 0.2) is 0 Å². The van der Waals surface area contributed by atoms with Crippen molar-refractivity contribution in [1.29, 1.82) is 0 Å². The standard InChI is InChI=1S/C15H15FN4/c1-10-11(5-8-18-14-6-7-17-9-19-14)12-3-2-4-13(16)15(12)20-10/h2-4,6-7,9,20H,5,8H2,1H3,(H,17,18,19). The van der Waals surface area contributed by atoms with E-state index >= 15 is 0 Å². The number of aromatic nitrogens is 3. The maximum Gasteiger partial charge on any atom is 0.147 e. The second-order valence-corrected chi connectivity index (χ2v) is 4.66. The number of halogens is 1. The lowest BCUT2D eigenvalue weighted by atomic mass is 10.1. The van der Waals surface area contributed by atoms with Gasteiger partial charge in [-0.05, 0) is 31.0 Å². The fourth-order valence-electron chi connectivity index (χ4n) is 2.40. The van der Waals surface area contributed by atoms with E-state index in [1.807, 2.05) is 19.1 Å². The van der Waals surface area contributed by atoms with E-state index < -0.39 is 0 Å². The molecule has 0 spiro atoms. The number of nitrogens with zero attached hydrogens (tertiary/aromatic N) is 2. The van der Waals surface area contributed by atoms with Crippen LogP contribution in [-0.2, 0) is 6.42 Å². The molecule has 0 fully saturated rings. The SMILES string of the molecule is Cc1[nH]c2c(F)cccc2c1CCNc1ccncn1. The highest BCUT2D eigenvalue weighted by atomic mass is 19.1. The lowest BCUT2D eigenvalue weighted by molar-refractivity contribution is 0.637. The summed E-state index contributed by atoms with van der Waals surface area (Å²) in [5.41, 5.74) is 2.73. The van der Waals surface area contributed by atoms with Crippen LogP contribution >= 0.6 is 0 Å². The van der Waals surface area contributed by atoms with Gasteiger partial charge in [-0.1, -0.05) is 12.1 Å². The first kappa shape index (κ1) is 12.6. The van der Waals surface area contributed by atoms with Crippen LogP contribution in [0.1, 0.15) is 11.3 Å². The van der Waals surface area contributed by atoms with Crippen molar-refractivity contribution < 1.29 is 4.39 Å². The zero-order valence-corrected chi connectivity index (χ0v) is 11.2. The van der Waals surface area contributed by atoms with Gasteiger partial charge in [0.05, 0.1) is 5.52 Å². The predicted octanol–water partition coefficient (Wildman–Crippen LogP) is 3.06. The number of anilines is 1. The van der Waals surface area contributed by atoms with Gasteiger partial charge in [-0.3, -0.25) is 0 Å². The first-order valence-corrected chi connectivity index (χ1v) is 6.51. The van der Waals surface area contributed by atoms with Gasteiger partial charge in [0.1, 0.15) is 18.0 Å². The molecule has 2 heterocycles. The molecule has 0 aliphatic rings. The van der Waals surface area contributed by atoms with Crippen molar-refractivity contribution in [2.24, 2.45) is 0 Å². The van der Waals surface area contributed by atoms with Crippen LogP contribution in [0.25, 0.3) is 10.9 Å². The Bertz CT molecular complexity index is 721. The number of aromatic amines is 1. The van der Waals surface area contributed by atoms with Crippen molar-refractivity contribution in [3.63, 3.8) is 0 Å². The number of aryl methyl sites for hydroxylation is 1. The summed E-state index contributed by atoms with van der Waals surface area (Å²) in [6.07, 6.45) is 4.01. The van der Waals surface area contributed by atoms with Gasteiger partial charge in [0.25, 0.3) is 0 Å². The summed E-state index contributed by atoms with van der Waals surface area (Å²) >= 11 is 0. The van der Waals surface area contributed by atoms with Crippen molar-refractivity contribution in [2.75, 3.05) is 11.9 Å². The Balaban J connectivity index is 1.78. The van der Waals surface area contributed by atoms with E-state index in [0.717, 1.165) is 35.4 Å². The molecular formula is C15H15FN4. The fraction of sp³-hybridized carbons (Fsp3) is 0.200. The van der Waals surface area contributed by atoms with Gasteiger partial charge in [-0.25, -0.2) is 14.4 Å². The molecule has 0 saturated heterocycles. The summed E-state index contributed by atoms with van der Waals surface area (Å²) in [6.45, 7) is 2.71. The second-order valence-electron chi connectivity index (χ2n) is 4.66. The molecule has 5 heteroatoms. The maximum atomic E-state index is 13.7. The normalized spacial score (nSPS) is 10.9. The van der Waals surface area contributed by atoms with E-state index in [9.17, 15) is 4.39 Å². The third-order valence-corrected chi connectivity index (χ3v) is 3.37. The van der Waals surface area contributed by atoms with Crippen molar-refractivity contribution >= 4 is 16.7 Å². The average Bonchev–Trinajstić information content (AvgIpc) is 2.78. The second kappa shape index (κ2) is 5.28. The Labute approximate surface area is 116 Å². The van der Waals surface area contributed by atoms with Crippen LogP contribution in [0.2, 0.25) is 0 Å². The Morgan fingerprint density at radius 3 is 3.00 bits per heavy atom. The van der Waals surface area contributed by atoms with Crippen molar-refractivity contribution in [3.8, 4) is 0 Å². The minimum absolute atomic E-state index is 0.208. The summed E-state index contributed by atoms with van der Waals surface area (Å²) in [6, 6.07) is 6.98. The molecule has 0 atom stereocenters. The van der Waals surface area contributed by atoms with Gasteiger partial charge in [0, 0.05) is 23.8 Å². The van der Waals surface area contributed by atoms with Crippen molar-refractivity contribution in [3.05, 3.63) is 53.9 Å². The Kier molecular flexibility index (Phi) is 3.33. The molecule has 3 rings (SSSR count). The Morgan fingerprint density at radius 1 is 1.30 bits per heavy atom. The number of fused-ring (bicyclic) bond motifs is 1. The Morgan fingerprint density at radius 2 is 2.20 bits per heavy atom. The van der Waals surface area contributed by atoms with Crippen molar-refractivity contribution in [1.82, 2.24) is 15.0 Å². The molecule has 0 bridgehead atoms. The molecule has 0 aliphatic carbocycles. The number of para-hydroxylation sites is 1. The van der Waals surface area contributed by atoms with Crippen LogP contribution in [0, 0.1) is 12.7 Å². The maximum absolute atomic E-state index is 13.7. The molecule has 20 heavy (non-hydrogen) atoms. The molecule has 2 N–H and O–H groups in total. The number of rotatable bonds is 4. The topological polar surface area (TPSA) is 53.6 Å². The van der Waals surface area contributed by atoms with Crippen LogP contribution in [0.15, 0.2) is 36.8 Å². The molecule has 0 amide bonds.